The Labute approximate surface area is 158 Å². The summed E-state index contributed by atoms with van der Waals surface area (Å²) in [6.07, 6.45) is 0.994. The minimum absolute atomic E-state index is 0.0641. The predicted molar refractivity (Wildman–Crippen MR) is 103 cm³/mol. The molecule has 2 aromatic rings. The lowest BCUT2D eigenvalue weighted by Crippen LogP contribution is -2.30. The van der Waals surface area contributed by atoms with Crippen LogP contribution in [0.5, 0.6) is 5.75 Å². The zero-order chi connectivity index (χ0) is 19.3. The number of benzene rings is 2. The number of amides is 1. The summed E-state index contributed by atoms with van der Waals surface area (Å²) in [6.45, 7) is 1.85. The van der Waals surface area contributed by atoms with Gasteiger partial charge in [-0.3, -0.25) is 4.79 Å². The molecule has 140 valence electrons. The third-order valence-corrected chi connectivity index (χ3v) is 4.69. The molecule has 2 N–H and O–H groups in total. The van der Waals surface area contributed by atoms with Crippen molar-refractivity contribution in [2.45, 2.75) is 19.4 Å². The first-order chi connectivity index (χ1) is 12.2. The van der Waals surface area contributed by atoms with E-state index in [0.29, 0.717) is 22.0 Å². The minimum atomic E-state index is -3.50. The quantitative estimate of drug-likeness (QED) is 0.752. The number of rotatable bonds is 7. The summed E-state index contributed by atoms with van der Waals surface area (Å²) in [6, 6.07) is 11.4. The van der Waals surface area contributed by atoms with Crippen molar-refractivity contribution in [2.24, 2.45) is 0 Å². The van der Waals surface area contributed by atoms with Gasteiger partial charge in [0.2, 0.25) is 15.9 Å². The summed E-state index contributed by atoms with van der Waals surface area (Å²) in [5.41, 5.74) is 2.12. The van der Waals surface area contributed by atoms with Gasteiger partial charge in [0, 0.05) is 17.1 Å². The third-order valence-electron chi connectivity index (χ3n) is 3.74. The average molecular weight is 397 g/mol. The number of hydrogen-bond acceptors (Lipinski definition) is 4. The number of ether oxygens (including phenoxy) is 1. The smallest absolute Gasteiger partial charge is 0.226 e. The summed E-state index contributed by atoms with van der Waals surface area (Å²) in [4.78, 5) is 12.5. The van der Waals surface area contributed by atoms with Gasteiger partial charge in [-0.1, -0.05) is 29.8 Å². The fraction of sp³-hybridized carbons (Fsp3) is 0.278. The summed E-state index contributed by atoms with van der Waals surface area (Å²) in [5.74, 6) is 0.318. The topological polar surface area (TPSA) is 84.5 Å². The van der Waals surface area contributed by atoms with Crippen molar-refractivity contribution >= 4 is 33.2 Å². The molecule has 0 aliphatic heterocycles. The highest BCUT2D eigenvalue weighted by Gasteiger charge is 2.20. The second-order valence-electron chi connectivity index (χ2n) is 5.93. The molecule has 0 aliphatic carbocycles. The largest absolute Gasteiger partial charge is 0.497 e. The van der Waals surface area contributed by atoms with Crippen molar-refractivity contribution in [2.75, 3.05) is 18.7 Å². The number of aryl methyl sites for hydroxylation is 1. The summed E-state index contributed by atoms with van der Waals surface area (Å²) in [5, 5.41) is 3.28. The predicted octanol–water partition coefficient (Wildman–Crippen LogP) is 3.28. The van der Waals surface area contributed by atoms with Gasteiger partial charge in [-0.2, -0.15) is 0 Å². The fourth-order valence-electron chi connectivity index (χ4n) is 2.44. The number of carbonyl (C=O) groups excluding carboxylic acids is 1. The molecule has 0 fully saturated rings. The number of nitrogens with one attached hydrogen (secondary N) is 2. The molecular formula is C18H21ClN2O4S. The Morgan fingerprint density at radius 2 is 1.85 bits per heavy atom. The average Bonchev–Trinajstić information content (AvgIpc) is 2.56. The first-order valence-corrected chi connectivity index (χ1v) is 10.1. The van der Waals surface area contributed by atoms with E-state index < -0.39 is 16.1 Å². The highest BCUT2D eigenvalue weighted by molar-refractivity contribution is 7.88. The first kappa shape index (κ1) is 20.2. The van der Waals surface area contributed by atoms with Crippen LogP contribution in [0.25, 0.3) is 0 Å². The number of hydrogen-bond donors (Lipinski definition) is 2. The molecule has 0 aromatic heterocycles. The van der Waals surface area contributed by atoms with Crippen LogP contribution in [0.2, 0.25) is 5.02 Å². The molecule has 0 saturated heterocycles. The van der Waals surface area contributed by atoms with Crippen LogP contribution in [0.3, 0.4) is 0 Å². The molecule has 1 amide bonds. The van der Waals surface area contributed by atoms with Gasteiger partial charge in [-0.15, -0.1) is 0 Å². The van der Waals surface area contributed by atoms with Crippen molar-refractivity contribution in [3.8, 4) is 5.75 Å². The molecule has 6 nitrogen and oxygen atoms in total. The Morgan fingerprint density at radius 3 is 2.42 bits per heavy atom. The highest BCUT2D eigenvalue weighted by atomic mass is 35.5. The fourth-order valence-corrected chi connectivity index (χ4v) is 3.35. The van der Waals surface area contributed by atoms with E-state index in [1.807, 2.05) is 6.92 Å². The van der Waals surface area contributed by atoms with Gasteiger partial charge >= 0.3 is 0 Å². The normalized spacial score (nSPS) is 12.5. The Morgan fingerprint density at radius 1 is 1.19 bits per heavy atom. The molecule has 26 heavy (non-hydrogen) atoms. The Kier molecular flexibility index (Phi) is 6.63. The van der Waals surface area contributed by atoms with E-state index in [2.05, 4.69) is 10.0 Å². The SMILES string of the molecule is COc1ccc([C@@H](CC(=O)Nc2cc(Cl)ccc2C)NS(C)(=O)=O)cc1. The molecular weight excluding hydrogens is 376 g/mol. The van der Waals surface area contributed by atoms with Crippen molar-refractivity contribution < 1.29 is 17.9 Å². The summed E-state index contributed by atoms with van der Waals surface area (Å²) < 4.78 is 31.0. The molecule has 0 heterocycles. The third kappa shape index (κ3) is 6.01. The molecule has 0 radical (unpaired) electrons. The Bertz CT molecular complexity index is 883. The van der Waals surface area contributed by atoms with E-state index in [-0.39, 0.29) is 12.3 Å². The van der Waals surface area contributed by atoms with Crippen LogP contribution in [0, 0.1) is 6.92 Å². The molecule has 0 aliphatic rings. The van der Waals surface area contributed by atoms with Gasteiger partial charge in [0.05, 0.1) is 19.4 Å². The van der Waals surface area contributed by atoms with Crippen molar-refractivity contribution in [3.63, 3.8) is 0 Å². The van der Waals surface area contributed by atoms with Crippen LogP contribution >= 0.6 is 11.6 Å². The molecule has 0 bridgehead atoms. The second kappa shape index (κ2) is 8.53. The van der Waals surface area contributed by atoms with E-state index in [0.717, 1.165) is 11.8 Å². The van der Waals surface area contributed by atoms with Gasteiger partial charge in [-0.05, 0) is 42.3 Å². The van der Waals surface area contributed by atoms with Gasteiger partial charge in [0.15, 0.2) is 0 Å². The number of sulfonamides is 1. The Hall–Kier alpha value is -2.09. The number of carbonyl (C=O) groups is 1. The zero-order valence-corrected chi connectivity index (χ0v) is 16.3. The van der Waals surface area contributed by atoms with Gasteiger partial charge in [0.25, 0.3) is 0 Å². The van der Waals surface area contributed by atoms with Crippen LogP contribution < -0.4 is 14.8 Å². The summed E-state index contributed by atoms with van der Waals surface area (Å²) in [7, 11) is -1.96. The molecule has 0 spiro atoms. The maximum absolute atomic E-state index is 12.5. The molecule has 0 unspecified atom stereocenters. The lowest BCUT2D eigenvalue weighted by atomic mass is 10.0. The van der Waals surface area contributed by atoms with Crippen molar-refractivity contribution in [1.29, 1.82) is 0 Å². The molecule has 0 saturated carbocycles. The molecule has 2 rings (SSSR count). The maximum Gasteiger partial charge on any atom is 0.226 e. The van der Waals surface area contributed by atoms with E-state index in [4.69, 9.17) is 16.3 Å². The van der Waals surface area contributed by atoms with Gasteiger partial charge < -0.3 is 10.1 Å². The van der Waals surface area contributed by atoms with Crippen LogP contribution in [-0.2, 0) is 14.8 Å². The zero-order valence-electron chi connectivity index (χ0n) is 14.7. The van der Waals surface area contributed by atoms with E-state index in [9.17, 15) is 13.2 Å². The first-order valence-electron chi connectivity index (χ1n) is 7.85. The standard InChI is InChI=1S/C18H21ClN2O4S/c1-12-4-7-14(19)10-16(12)20-18(22)11-17(21-26(3,23)24)13-5-8-15(25-2)9-6-13/h4-10,17,21H,11H2,1-3H3,(H,20,22)/t17-/m1/s1. The summed E-state index contributed by atoms with van der Waals surface area (Å²) >= 11 is 5.96. The van der Waals surface area contributed by atoms with Gasteiger partial charge in [0.1, 0.15) is 5.75 Å². The lowest BCUT2D eigenvalue weighted by molar-refractivity contribution is -0.116. The monoisotopic (exact) mass is 396 g/mol. The van der Waals surface area contributed by atoms with E-state index in [1.165, 1.54) is 0 Å². The van der Waals surface area contributed by atoms with Gasteiger partial charge in [-0.25, -0.2) is 13.1 Å². The number of methoxy groups -OCH3 is 1. The molecule has 8 heteroatoms. The van der Waals surface area contributed by atoms with E-state index >= 15 is 0 Å². The minimum Gasteiger partial charge on any atom is -0.497 e. The molecule has 1 atom stereocenters. The number of anilines is 1. The lowest BCUT2D eigenvalue weighted by Gasteiger charge is -2.18. The van der Waals surface area contributed by atoms with Crippen LogP contribution in [-0.4, -0.2) is 27.7 Å². The van der Waals surface area contributed by atoms with E-state index in [1.54, 1.807) is 49.6 Å². The Balaban J connectivity index is 2.19. The van der Waals surface area contributed by atoms with Crippen molar-refractivity contribution in [1.82, 2.24) is 4.72 Å². The maximum atomic E-state index is 12.5. The van der Waals surface area contributed by atoms with Crippen LogP contribution in [0.15, 0.2) is 42.5 Å². The molecule has 2 aromatic carbocycles. The van der Waals surface area contributed by atoms with Crippen LogP contribution in [0.4, 0.5) is 5.69 Å². The second-order valence-corrected chi connectivity index (χ2v) is 8.14. The van der Waals surface area contributed by atoms with Crippen molar-refractivity contribution in [3.05, 3.63) is 58.6 Å². The van der Waals surface area contributed by atoms with Crippen LogP contribution in [0.1, 0.15) is 23.6 Å². The highest BCUT2D eigenvalue weighted by Crippen LogP contribution is 2.24. The number of halogens is 1.